The summed E-state index contributed by atoms with van der Waals surface area (Å²) in [5.74, 6) is -0.120. The molecule has 1 fully saturated rings. The molecule has 0 N–H and O–H groups in total. The molecule has 1 aliphatic heterocycles. The second kappa shape index (κ2) is 8.00. The van der Waals surface area contributed by atoms with Crippen molar-refractivity contribution in [1.82, 2.24) is 4.90 Å². The maximum Gasteiger partial charge on any atom is 0.420 e. The highest BCUT2D eigenvalue weighted by atomic mass is 79.9. The van der Waals surface area contributed by atoms with Crippen molar-refractivity contribution < 1.29 is 33.3 Å². The Morgan fingerprint density at radius 3 is 2.10 bits per heavy atom. The van der Waals surface area contributed by atoms with E-state index in [0.29, 0.717) is 24.2 Å². The van der Waals surface area contributed by atoms with E-state index in [1.54, 1.807) is 53.7 Å². The van der Waals surface area contributed by atoms with Gasteiger partial charge < -0.3 is 18.9 Å². The summed E-state index contributed by atoms with van der Waals surface area (Å²) >= 11 is 3.41. The van der Waals surface area contributed by atoms with E-state index in [0.717, 1.165) is 14.9 Å². The largest absolute Gasteiger partial charge is 0.490 e. The number of imide groups is 1. The normalized spacial score (nSPS) is 16.8. The fourth-order valence-electron chi connectivity index (χ4n) is 3.18. The zero-order valence-electron chi connectivity index (χ0n) is 18.7. The van der Waals surface area contributed by atoms with E-state index in [4.69, 9.17) is 18.9 Å². The number of carbonyl (C=O) groups is 3. The number of hydrogen-bond acceptors (Lipinski definition) is 7. The SMILES string of the molecule is CC(C)(C)OC(=O)N(C(=O)OC(C)(C)C)C1(COc2cc(Br)cc3c2C(=O)OC3)CC1. The van der Waals surface area contributed by atoms with Gasteiger partial charge in [-0.1, -0.05) is 15.9 Å². The van der Waals surface area contributed by atoms with Crippen LogP contribution in [0.2, 0.25) is 0 Å². The van der Waals surface area contributed by atoms with Gasteiger partial charge in [0.15, 0.2) is 0 Å². The van der Waals surface area contributed by atoms with E-state index in [1.807, 2.05) is 0 Å². The third-order valence-electron chi connectivity index (χ3n) is 4.66. The molecule has 1 aromatic carbocycles. The van der Waals surface area contributed by atoms with Crippen LogP contribution in [-0.4, -0.2) is 46.4 Å². The van der Waals surface area contributed by atoms with Crippen LogP contribution in [-0.2, 0) is 20.8 Å². The van der Waals surface area contributed by atoms with Gasteiger partial charge in [0.25, 0.3) is 0 Å². The van der Waals surface area contributed by atoms with Crippen molar-refractivity contribution in [2.45, 2.75) is 77.7 Å². The van der Waals surface area contributed by atoms with Crippen LogP contribution in [0.15, 0.2) is 16.6 Å². The smallest absolute Gasteiger partial charge is 0.420 e. The minimum absolute atomic E-state index is 0.00165. The van der Waals surface area contributed by atoms with Gasteiger partial charge >= 0.3 is 18.2 Å². The fourth-order valence-corrected chi connectivity index (χ4v) is 3.66. The standard InChI is InChI=1S/C22H28BrNO7/c1-20(2,3)30-18(26)24(19(27)31-21(4,5)6)22(7-8-22)12-29-15-10-14(23)9-13-11-28-17(25)16(13)15/h9-10H,7-8,11-12H2,1-6H3. The Hall–Kier alpha value is -2.29. The van der Waals surface area contributed by atoms with Crippen LogP contribution in [0.25, 0.3) is 0 Å². The molecule has 2 aliphatic rings. The van der Waals surface area contributed by atoms with E-state index >= 15 is 0 Å². The molecule has 1 saturated carbocycles. The van der Waals surface area contributed by atoms with Crippen LogP contribution in [0, 0.1) is 0 Å². The number of amides is 2. The highest BCUT2D eigenvalue weighted by Crippen LogP contribution is 2.44. The van der Waals surface area contributed by atoms with Gasteiger partial charge in [0.1, 0.15) is 35.7 Å². The summed E-state index contributed by atoms with van der Waals surface area (Å²) in [6.07, 6.45) is -0.512. The third-order valence-corrected chi connectivity index (χ3v) is 5.12. The molecule has 0 spiro atoms. The lowest BCUT2D eigenvalue weighted by Crippen LogP contribution is -2.52. The Labute approximate surface area is 190 Å². The van der Waals surface area contributed by atoms with Crippen LogP contribution < -0.4 is 4.74 Å². The van der Waals surface area contributed by atoms with E-state index in [9.17, 15) is 14.4 Å². The number of fused-ring (bicyclic) bond motifs is 1. The van der Waals surface area contributed by atoms with Gasteiger partial charge in [0.2, 0.25) is 0 Å². The summed E-state index contributed by atoms with van der Waals surface area (Å²) in [5.41, 5.74) is -1.41. The number of cyclic esters (lactones) is 1. The molecule has 1 heterocycles. The molecule has 170 valence electrons. The third kappa shape index (κ3) is 5.50. The molecule has 2 amide bonds. The Bertz CT molecular complexity index is 882. The maximum absolute atomic E-state index is 12.9. The van der Waals surface area contributed by atoms with Crippen molar-refractivity contribution in [3.05, 3.63) is 27.7 Å². The molecule has 1 aliphatic carbocycles. The van der Waals surface area contributed by atoms with E-state index in [2.05, 4.69) is 15.9 Å². The number of esters is 1. The van der Waals surface area contributed by atoms with Crippen molar-refractivity contribution in [2.75, 3.05) is 6.61 Å². The molecule has 3 rings (SSSR count). The number of benzene rings is 1. The Morgan fingerprint density at radius 2 is 1.61 bits per heavy atom. The summed E-state index contributed by atoms with van der Waals surface area (Å²) in [7, 11) is 0. The molecular weight excluding hydrogens is 470 g/mol. The molecule has 0 unspecified atom stereocenters. The molecule has 0 aromatic heterocycles. The summed E-state index contributed by atoms with van der Waals surface area (Å²) in [4.78, 5) is 39.0. The monoisotopic (exact) mass is 497 g/mol. The zero-order valence-corrected chi connectivity index (χ0v) is 20.3. The fraction of sp³-hybridized carbons (Fsp3) is 0.591. The predicted molar refractivity (Wildman–Crippen MR) is 115 cm³/mol. The molecule has 0 saturated heterocycles. The van der Waals surface area contributed by atoms with Gasteiger partial charge in [-0.15, -0.1) is 0 Å². The zero-order chi connectivity index (χ0) is 23.2. The molecule has 31 heavy (non-hydrogen) atoms. The molecule has 0 atom stereocenters. The molecule has 0 radical (unpaired) electrons. The number of ether oxygens (including phenoxy) is 4. The van der Waals surface area contributed by atoms with Gasteiger partial charge in [-0.25, -0.2) is 19.3 Å². The number of rotatable bonds is 4. The van der Waals surface area contributed by atoms with Crippen LogP contribution >= 0.6 is 15.9 Å². The van der Waals surface area contributed by atoms with E-state index in [-0.39, 0.29) is 13.2 Å². The summed E-state index contributed by atoms with van der Waals surface area (Å²) in [5, 5.41) is 0. The molecule has 8 nitrogen and oxygen atoms in total. The molecular formula is C22H28BrNO7. The number of halogens is 1. The Kier molecular flexibility index (Phi) is 6.03. The van der Waals surface area contributed by atoms with Crippen molar-refractivity contribution in [1.29, 1.82) is 0 Å². The first-order chi connectivity index (χ1) is 14.2. The van der Waals surface area contributed by atoms with Crippen LogP contribution in [0.5, 0.6) is 5.75 Å². The average Bonchev–Trinajstić information content (AvgIpc) is 3.25. The number of nitrogens with zero attached hydrogens (tertiary/aromatic N) is 1. The maximum atomic E-state index is 12.9. The quantitative estimate of drug-likeness (QED) is 0.416. The van der Waals surface area contributed by atoms with E-state index in [1.165, 1.54) is 0 Å². The topological polar surface area (TPSA) is 91.4 Å². The lowest BCUT2D eigenvalue weighted by atomic mass is 10.1. The first kappa shape index (κ1) is 23.4. The van der Waals surface area contributed by atoms with Gasteiger partial charge in [-0.3, -0.25) is 0 Å². The van der Waals surface area contributed by atoms with Crippen LogP contribution in [0.3, 0.4) is 0 Å². The second-order valence-corrected chi connectivity index (χ2v) is 10.7. The second-order valence-electron chi connectivity index (χ2n) is 9.82. The lowest BCUT2D eigenvalue weighted by molar-refractivity contribution is -0.0155. The summed E-state index contributed by atoms with van der Waals surface area (Å²) in [6, 6.07) is 3.47. The predicted octanol–water partition coefficient (Wildman–Crippen LogP) is 5.20. The highest BCUT2D eigenvalue weighted by Gasteiger charge is 2.56. The van der Waals surface area contributed by atoms with Gasteiger partial charge in [0.05, 0.1) is 5.54 Å². The van der Waals surface area contributed by atoms with Crippen molar-refractivity contribution in [3.63, 3.8) is 0 Å². The minimum Gasteiger partial charge on any atom is -0.490 e. The highest BCUT2D eigenvalue weighted by molar-refractivity contribution is 9.10. The first-order valence-electron chi connectivity index (χ1n) is 10.1. The Balaban J connectivity index is 1.85. The van der Waals surface area contributed by atoms with Crippen molar-refractivity contribution in [3.8, 4) is 5.75 Å². The number of hydrogen-bond donors (Lipinski definition) is 0. The minimum atomic E-state index is -0.914. The van der Waals surface area contributed by atoms with Crippen molar-refractivity contribution >= 4 is 34.1 Å². The molecule has 9 heteroatoms. The molecule has 1 aromatic rings. The lowest BCUT2D eigenvalue weighted by Gasteiger charge is -2.33. The summed E-state index contributed by atoms with van der Waals surface area (Å²) in [6.45, 7) is 10.5. The Morgan fingerprint density at radius 1 is 1.06 bits per heavy atom. The average molecular weight is 498 g/mol. The van der Waals surface area contributed by atoms with Gasteiger partial charge in [-0.05, 0) is 66.5 Å². The van der Waals surface area contributed by atoms with Crippen LogP contribution in [0.4, 0.5) is 9.59 Å². The van der Waals surface area contributed by atoms with Crippen LogP contribution in [0.1, 0.15) is 70.3 Å². The van der Waals surface area contributed by atoms with Gasteiger partial charge in [0, 0.05) is 10.0 Å². The summed E-state index contributed by atoms with van der Waals surface area (Å²) < 4.78 is 22.8. The molecule has 0 bridgehead atoms. The van der Waals surface area contributed by atoms with E-state index < -0.39 is 34.9 Å². The van der Waals surface area contributed by atoms with Crippen molar-refractivity contribution in [2.24, 2.45) is 0 Å². The van der Waals surface area contributed by atoms with Gasteiger partial charge in [-0.2, -0.15) is 0 Å². The number of carbonyl (C=O) groups excluding carboxylic acids is 3. The first-order valence-corrected chi connectivity index (χ1v) is 10.9.